The quantitative estimate of drug-likeness (QED) is 0.449. The molecule has 3 heterocycles. The Hall–Kier alpha value is -3.42. The Morgan fingerprint density at radius 3 is 2.33 bits per heavy atom. The number of halogens is 2. The van der Waals surface area contributed by atoms with E-state index in [-0.39, 0.29) is 11.6 Å². The first-order valence-electron chi connectivity index (χ1n) is 10.5. The van der Waals surface area contributed by atoms with Crippen LogP contribution in [0, 0.1) is 0 Å². The maximum Gasteiger partial charge on any atom is 0.276 e. The number of amides is 1. The van der Waals surface area contributed by atoms with E-state index >= 15 is 0 Å². The number of rotatable bonds is 4. The zero-order valence-corrected chi connectivity index (χ0v) is 19.1. The van der Waals surface area contributed by atoms with Crippen molar-refractivity contribution in [1.82, 2.24) is 15.2 Å². The average Bonchev–Trinajstić information content (AvgIpc) is 2.86. The van der Waals surface area contributed by atoms with Gasteiger partial charge in [0.25, 0.3) is 5.91 Å². The molecular weight excluding hydrogens is 459 g/mol. The van der Waals surface area contributed by atoms with Crippen molar-refractivity contribution in [3.63, 3.8) is 0 Å². The van der Waals surface area contributed by atoms with Crippen LogP contribution in [0.25, 0.3) is 10.8 Å². The van der Waals surface area contributed by atoms with E-state index in [4.69, 9.17) is 23.2 Å². The van der Waals surface area contributed by atoms with E-state index in [0.29, 0.717) is 15.7 Å². The molecule has 7 nitrogen and oxygen atoms in total. The summed E-state index contributed by atoms with van der Waals surface area (Å²) in [5.41, 5.74) is 1.94. The number of hydrogen-bond donors (Lipinski definition) is 1. The molecule has 0 bridgehead atoms. The molecule has 33 heavy (non-hydrogen) atoms. The van der Waals surface area contributed by atoms with Crippen LogP contribution in [-0.2, 0) is 0 Å². The number of nitrogens with one attached hydrogen (secondary N) is 1. The van der Waals surface area contributed by atoms with Gasteiger partial charge in [0.05, 0.1) is 21.9 Å². The first-order chi connectivity index (χ1) is 16.1. The van der Waals surface area contributed by atoms with Crippen LogP contribution in [-0.4, -0.2) is 47.3 Å². The predicted octanol–water partition coefficient (Wildman–Crippen LogP) is 4.91. The highest BCUT2D eigenvalue weighted by molar-refractivity contribution is 6.42. The van der Waals surface area contributed by atoms with Gasteiger partial charge in [0.1, 0.15) is 0 Å². The number of pyridine rings is 1. The maximum atomic E-state index is 12.9. The first-order valence-corrected chi connectivity index (χ1v) is 11.3. The van der Waals surface area contributed by atoms with Crippen LogP contribution >= 0.6 is 23.2 Å². The molecule has 5 rings (SSSR count). The largest absolute Gasteiger partial charge is 0.368 e. The van der Waals surface area contributed by atoms with Crippen LogP contribution in [0.15, 0.2) is 67.0 Å². The Labute approximate surface area is 201 Å². The van der Waals surface area contributed by atoms with Crippen LogP contribution < -0.4 is 15.1 Å². The molecular formula is C24H20Cl2N6O. The van der Waals surface area contributed by atoms with E-state index in [2.05, 4.69) is 30.3 Å². The number of carbonyl (C=O) groups excluding carboxylic acids is 1. The molecule has 166 valence electrons. The van der Waals surface area contributed by atoms with Gasteiger partial charge in [-0.2, -0.15) is 0 Å². The standard InChI is InChI=1S/C24H20Cl2N6O/c25-20-8-7-17(14-21(20)26)31-10-12-32(13-11-31)23-19-6-2-1-5-18(19)22(29-30-23)24(33)28-16-4-3-9-27-15-16/h1-9,14-15H,10-13H2,(H,28,33). The van der Waals surface area contributed by atoms with E-state index < -0.39 is 0 Å². The molecule has 1 aliphatic heterocycles. The molecule has 0 spiro atoms. The maximum absolute atomic E-state index is 12.9. The van der Waals surface area contributed by atoms with Crippen molar-refractivity contribution in [2.24, 2.45) is 0 Å². The van der Waals surface area contributed by atoms with Gasteiger partial charge in [-0.3, -0.25) is 9.78 Å². The second-order valence-electron chi connectivity index (χ2n) is 7.69. The highest BCUT2D eigenvalue weighted by Gasteiger charge is 2.23. The fraction of sp³-hybridized carbons (Fsp3) is 0.167. The SMILES string of the molecule is O=C(Nc1cccnc1)c1nnc(N2CCN(c3ccc(Cl)c(Cl)c3)CC2)c2ccccc12. The fourth-order valence-electron chi connectivity index (χ4n) is 3.98. The molecule has 9 heteroatoms. The summed E-state index contributed by atoms with van der Waals surface area (Å²) in [4.78, 5) is 21.4. The summed E-state index contributed by atoms with van der Waals surface area (Å²) in [5.74, 6) is 0.458. The molecule has 4 aromatic rings. The number of anilines is 3. The summed E-state index contributed by atoms with van der Waals surface area (Å²) in [6.45, 7) is 3.13. The minimum atomic E-state index is -0.317. The molecule has 0 unspecified atom stereocenters. The lowest BCUT2D eigenvalue weighted by Crippen LogP contribution is -2.47. The van der Waals surface area contributed by atoms with E-state index in [9.17, 15) is 4.79 Å². The molecule has 1 amide bonds. The normalized spacial score (nSPS) is 13.9. The Morgan fingerprint density at radius 1 is 0.848 bits per heavy atom. The van der Waals surface area contributed by atoms with Gasteiger partial charge in [-0.15, -0.1) is 10.2 Å². The van der Waals surface area contributed by atoms with Crippen LogP contribution in [0.4, 0.5) is 17.2 Å². The first kappa shape index (κ1) is 21.4. The van der Waals surface area contributed by atoms with Gasteiger partial charge in [0.2, 0.25) is 0 Å². The second kappa shape index (κ2) is 9.21. The third kappa shape index (κ3) is 4.42. The van der Waals surface area contributed by atoms with Gasteiger partial charge in [-0.1, -0.05) is 47.5 Å². The van der Waals surface area contributed by atoms with Crippen molar-refractivity contribution in [2.45, 2.75) is 0 Å². The van der Waals surface area contributed by atoms with Crippen molar-refractivity contribution in [2.75, 3.05) is 41.3 Å². The topological polar surface area (TPSA) is 74.2 Å². The molecule has 1 fully saturated rings. The van der Waals surface area contributed by atoms with Gasteiger partial charge < -0.3 is 15.1 Å². The minimum Gasteiger partial charge on any atom is -0.368 e. The minimum absolute atomic E-state index is 0.285. The zero-order chi connectivity index (χ0) is 22.8. The molecule has 1 N–H and O–H groups in total. The van der Waals surface area contributed by atoms with E-state index in [1.807, 2.05) is 42.5 Å². The van der Waals surface area contributed by atoms with Crippen molar-refractivity contribution in [3.8, 4) is 0 Å². The predicted molar refractivity (Wildman–Crippen MR) is 133 cm³/mol. The number of hydrogen-bond acceptors (Lipinski definition) is 6. The second-order valence-corrected chi connectivity index (χ2v) is 8.50. The summed E-state index contributed by atoms with van der Waals surface area (Å²) in [6, 6.07) is 17.0. The lowest BCUT2D eigenvalue weighted by Gasteiger charge is -2.37. The van der Waals surface area contributed by atoms with Crippen molar-refractivity contribution >= 4 is 57.1 Å². The molecule has 1 saturated heterocycles. The highest BCUT2D eigenvalue weighted by atomic mass is 35.5. The van der Waals surface area contributed by atoms with Gasteiger partial charge in [-0.25, -0.2) is 0 Å². The van der Waals surface area contributed by atoms with Gasteiger partial charge in [0, 0.05) is 48.8 Å². The van der Waals surface area contributed by atoms with Gasteiger partial charge in [-0.05, 0) is 30.3 Å². The monoisotopic (exact) mass is 478 g/mol. The van der Waals surface area contributed by atoms with Gasteiger partial charge >= 0.3 is 0 Å². The molecule has 0 aliphatic carbocycles. The molecule has 0 saturated carbocycles. The summed E-state index contributed by atoms with van der Waals surface area (Å²) in [7, 11) is 0. The van der Waals surface area contributed by atoms with Crippen LogP contribution in [0.5, 0.6) is 0 Å². The molecule has 1 aliphatic rings. The van der Waals surface area contributed by atoms with Crippen LogP contribution in [0.1, 0.15) is 10.5 Å². The highest BCUT2D eigenvalue weighted by Crippen LogP contribution is 2.30. The van der Waals surface area contributed by atoms with E-state index in [0.717, 1.165) is 48.5 Å². The summed E-state index contributed by atoms with van der Waals surface area (Å²) in [5, 5.41) is 14.4. The Balaban J connectivity index is 1.38. The Kier molecular flexibility index (Phi) is 5.98. The average molecular weight is 479 g/mol. The molecule has 2 aromatic heterocycles. The molecule has 0 atom stereocenters. The third-order valence-electron chi connectivity index (χ3n) is 5.65. The number of nitrogens with zero attached hydrogens (tertiary/aromatic N) is 5. The summed E-state index contributed by atoms with van der Waals surface area (Å²) in [6.07, 6.45) is 3.25. The van der Waals surface area contributed by atoms with Gasteiger partial charge in [0.15, 0.2) is 11.5 Å². The number of benzene rings is 2. The van der Waals surface area contributed by atoms with Crippen molar-refractivity contribution in [1.29, 1.82) is 0 Å². The lowest BCUT2D eigenvalue weighted by atomic mass is 10.1. The Bertz CT molecular complexity index is 1310. The Morgan fingerprint density at radius 2 is 1.61 bits per heavy atom. The number of carbonyl (C=O) groups is 1. The van der Waals surface area contributed by atoms with E-state index in [1.54, 1.807) is 24.5 Å². The third-order valence-corrected chi connectivity index (χ3v) is 6.39. The van der Waals surface area contributed by atoms with E-state index in [1.165, 1.54) is 0 Å². The number of aromatic nitrogens is 3. The van der Waals surface area contributed by atoms with Crippen molar-refractivity contribution in [3.05, 3.63) is 82.7 Å². The smallest absolute Gasteiger partial charge is 0.276 e. The van der Waals surface area contributed by atoms with Crippen LogP contribution in [0.3, 0.4) is 0 Å². The number of piperazine rings is 1. The fourth-order valence-corrected chi connectivity index (χ4v) is 4.27. The molecule has 2 aromatic carbocycles. The molecule has 0 radical (unpaired) electrons. The van der Waals surface area contributed by atoms with Crippen LogP contribution in [0.2, 0.25) is 10.0 Å². The summed E-state index contributed by atoms with van der Waals surface area (Å²) >= 11 is 12.2. The number of fused-ring (bicyclic) bond motifs is 1. The summed E-state index contributed by atoms with van der Waals surface area (Å²) < 4.78 is 0. The lowest BCUT2D eigenvalue weighted by molar-refractivity contribution is 0.102. The zero-order valence-electron chi connectivity index (χ0n) is 17.6. The van der Waals surface area contributed by atoms with Crippen molar-refractivity contribution < 1.29 is 4.79 Å².